The van der Waals surface area contributed by atoms with Gasteiger partial charge in [-0.1, -0.05) is 6.07 Å². The van der Waals surface area contributed by atoms with E-state index in [9.17, 15) is 13.2 Å². The molecule has 1 aromatic heterocycles. The summed E-state index contributed by atoms with van der Waals surface area (Å²) in [5, 5.41) is 0. The summed E-state index contributed by atoms with van der Waals surface area (Å²) >= 11 is 0. The maximum atomic E-state index is 12.6. The Bertz CT molecular complexity index is 677. The van der Waals surface area contributed by atoms with Crippen molar-refractivity contribution in [3.05, 3.63) is 30.1 Å². The third-order valence-corrected chi connectivity index (χ3v) is 6.21. The fraction of sp³-hybridized carbons (Fsp3) is 0.625. The number of aromatic nitrogens is 1. The molecule has 0 saturated carbocycles. The maximum absolute atomic E-state index is 12.6. The predicted octanol–water partition coefficient (Wildman–Crippen LogP) is 0.898. The largest absolute Gasteiger partial charge is 0.342 e. The van der Waals surface area contributed by atoms with Gasteiger partial charge in [-0.15, -0.1) is 0 Å². The molecule has 0 bridgehead atoms. The zero-order chi connectivity index (χ0) is 16.5. The monoisotopic (exact) mass is 337 g/mol. The highest BCUT2D eigenvalue weighted by Gasteiger charge is 2.44. The molecule has 1 amide bonds. The highest BCUT2D eigenvalue weighted by Crippen LogP contribution is 2.39. The third kappa shape index (κ3) is 3.72. The number of hydrogen-bond donors (Lipinski definition) is 0. The number of carbonyl (C=O) groups is 1. The summed E-state index contributed by atoms with van der Waals surface area (Å²) in [5.74, 6) is 0.106. The minimum Gasteiger partial charge on any atom is -0.342 e. The standard InChI is InChI=1S/C16H23N3O3S/c1-23(21,22)19-9-6-16(13-19)5-3-8-18(12-16)15(20)10-14-4-2-7-17-11-14/h2,4,7,11H,3,5-6,8-10,12-13H2,1H3/t16-/m1/s1. The summed E-state index contributed by atoms with van der Waals surface area (Å²) in [6.45, 7) is 2.55. The van der Waals surface area contributed by atoms with Gasteiger partial charge in [0.1, 0.15) is 0 Å². The predicted molar refractivity (Wildman–Crippen MR) is 87.2 cm³/mol. The van der Waals surface area contributed by atoms with E-state index in [0.717, 1.165) is 31.4 Å². The molecule has 1 aromatic rings. The number of rotatable bonds is 3. The van der Waals surface area contributed by atoms with Crippen molar-refractivity contribution in [2.75, 3.05) is 32.4 Å². The average molecular weight is 337 g/mol. The number of amides is 1. The zero-order valence-corrected chi connectivity index (χ0v) is 14.3. The van der Waals surface area contributed by atoms with Crippen LogP contribution in [0.1, 0.15) is 24.8 Å². The molecule has 1 atom stereocenters. The molecule has 23 heavy (non-hydrogen) atoms. The first-order valence-electron chi connectivity index (χ1n) is 8.00. The van der Waals surface area contributed by atoms with Crippen LogP contribution >= 0.6 is 0 Å². The van der Waals surface area contributed by atoms with Crippen LogP contribution in [0.3, 0.4) is 0 Å². The van der Waals surface area contributed by atoms with Crippen LogP contribution in [0.4, 0.5) is 0 Å². The normalized spacial score (nSPS) is 25.9. The van der Waals surface area contributed by atoms with Crippen LogP contribution in [0.15, 0.2) is 24.5 Å². The number of pyridine rings is 1. The summed E-state index contributed by atoms with van der Waals surface area (Å²) in [7, 11) is -3.14. The van der Waals surface area contributed by atoms with Gasteiger partial charge in [-0.3, -0.25) is 9.78 Å². The highest BCUT2D eigenvalue weighted by molar-refractivity contribution is 7.88. The van der Waals surface area contributed by atoms with Gasteiger partial charge in [0.15, 0.2) is 0 Å². The molecule has 0 aliphatic carbocycles. The van der Waals surface area contributed by atoms with Crippen LogP contribution in [0.5, 0.6) is 0 Å². The van der Waals surface area contributed by atoms with Crippen molar-refractivity contribution in [1.29, 1.82) is 0 Å². The Balaban J connectivity index is 1.66. The van der Waals surface area contributed by atoms with E-state index >= 15 is 0 Å². The summed E-state index contributed by atoms with van der Waals surface area (Å²) in [4.78, 5) is 18.5. The maximum Gasteiger partial charge on any atom is 0.227 e. The zero-order valence-electron chi connectivity index (χ0n) is 13.4. The van der Waals surface area contributed by atoms with Crippen LogP contribution < -0.4 is 0 Å². The lowest BCUT2D eigenvalue weighted by atomic mass is 9.79. The van der Waals surface area contributed by atoms with Gasteiger partial charge in [-0.05, 0) is 30.9 Å². The minimum atomic E-state index is -3.14. The van der Waals surface area contributed by atoms with E-state index in [4.69, 9.17) is 0 Å². The lowest BCUT2D eigenvalue weighted by Crippen LogP contribution is -2.48. The number of nitrogens with zero attached hydrogens (tertiary/aromatic N) is 3. The fourth-order valence-electron chi connectivity index (χ4n) is 3.72. The van der Waals surface area contributed by atoms with Gasteiger partial charge in [0.2, 0.25) is 15.9 Å². The van der Waals surface area contributed by atoms with Gasteiger partial charge < -0.3 is 4.90 Å². The summed E-state index contributed by atoms with van der Waals surface area (Å²) in [6, 6.07) is 3.74. The first-order chi connectivity index (χ1) is 10.9. The first kappa shape index (κ1) is 16.4. The molecule has 126 valence electrons. The van der Waals surface area contributed by atoms with Gasteiger partial charge in [-0.2, -0.15) is 0 Å². The molecule has 0 radical (unpaired) electrons. The summed E-state index contributed by atoms with van der Waals surface area (Å²) < 4.78 is 25.1. The van der Waals surface area contributed by atoms with Gasteiger partial charge in [0.25, 0.3) is 0 Å². The number of sulfonamides is 1. The lowest BCUT2D eigenvalue weighted by Gasteiger charge is -2.40. The van der Waals surface area contributed by atoms with Crippen LogP contribution in [0.2, 0.25) is 0 Å². The second-order valence-corrected chi connectivity index (χ2v) is 8.79. The molecular weight excluding hydrogens is 314 g/mol. The Kier molecular flexibility index (Phi) is 4.42. The Morgan fingerprint density at radius 3 is 2.78 bits per heavy atom. The van der Waals surface area contributed by atoms with E-state index in [1.807, 2.05) is 17.0 Å². The number of hydrogen-bond acceptors (Lipinski definition) is 4. The van der Waals surface area contributed by atoms with Crippen molar-refractivity contribution in [3.63, 3.8) is 0 Å². The lowest BCUT2D eigenvalue weighted by molar-refractivity contribution is -0.133. The van der Waals surface area contributed by atoms with Crippen molar-refractivity contribution < 1.29 is 13.2 Å². The number of likely N-dealkylation sites (tertiary alicyclic amines) is 1. The summed E-state index contributed by atoms with van der Waals surface area (Å²) in [5.41, 5.74) is 0.854. The quantitative estimate of drug-likeness (QED) is 0.822. The molecular formula is C16H23N3O3S. The highest BCUT2D eigenvalue weighted by atomic mass is 32.2. The molecule has 1 spiro atoms. The van der Waals surface area contributed by atoms with E-state index < -0.39 is 10.0 Å². The molecule has 2 saturated heterocycles. The molecule has 3 rings (SSSR count). The molecule has 0 aromatic carbocycles. The molecule has 7 heteroatoms. The Hall–Kier alpha value is -1.47. The van der Waals surface area contributed by atoms with Gasteiger partial charge >= 0.3 is 0 Å². The van der Waals surface area contributed by atoms with E-state index in [1.54, 1.807) is 16.7 Å². The second-order valence-electron chi connectivity index (χ2n) is 6.80. The first-order valence-corrected chi connectivity index (χ1v) is 9.85. The molecule has 0 N–H and O–H groups in total. The van der Waals surface area contributed by atoms with Crippen LogP contribution in [-0.2, 0) is 21.2 Å². The molecule has 0 unspecified atom stereocenters. The van der Waals surface area contributed by atoms with Gasteiger partial charge in [0.05, 0.1) is 12.7 Å². The van der Waals surface area contributed by atoms with Crippen molar-refractivity contribution in [1.82, 2.24) is 14.2 Å². The van der Waals surface area contributed by atoms with E-state index in [-0.39, 0.29) is 11.3 Å². The Morgan fingerprint density at radius 2 is 2.13 bits per heavy atom. The molecule has 6 nitrogen and oxygen atoms in total. The van der Waals surface area contributed by atoms with Crippen molar-refractivity contribution in [2.24, 2.45) is 5.41 Å². The van der Waals surface area contributed by atoms with Gasteiger partial charge in [-0.25, -0.2) is 12.7 Å². The van der Waals surface area contributed by atoms with Crippen LogP contribution in [0, 0.1) is 5.41 Å². The van der Waals surface area contributed by atoms with Crippen molar-refractivity contribution >= 4 is 15.9 Å². The fourth-order valence-corrected chi connectivity index (χ4v) is 4.65. The second kappa shape index (κ2) is 6.20. The van der Waals surface area contributed by atoms with Gasteiger partial charge in [0, 0.05) is 44.0 Å². The molecule has 2 fully saturated rings. The van der Waals surface area contributed by atoms with Crippen LogP contribution in [0.25, 0.3) is 0 Å². The summed E-state index contributed by atoms with van der Waals surface area (Å²) in [6.07, 6.45) is 7.82. The molecule has 2 aliphatic heterocycles. The smallest absolute Gasteiger partial charge is 0.227 e. The van der Waals surface area contributed by atoms with Crippen LogP contribution in [-0.4, -0.2) is 60.9 Å². The Morgan fingerprint density at radius 1 is 1.30 bits per heavy atom. The number of carbonyl (C=O) groups excluding carboxylic acids is 1. The SMILES string of the molecule is CS(=O)(=O)N1CC[C@@]2(CCCN(C(=O)Cc3cccnc3)C2)C1. The van der Waals surface area contributed by atoms with E-state index in [1.165, 1.54) is 6.26 Å². The average Bonchev–Trinajstić information content (AvgIpc) is 2.92. The van der Waals surface area contributed by atoms with E-state index in [0.29, 0.717) is 26.1 Å². The Labute approximate surface area is 137 Å². The molecule has 2 aliphatic rings. The van der Waals surface area contributed by atoms with Crippen molar-refractivity contribution in [2.45, 2.75) is 25.7 Å². The third-order valence-electron chi connectivity index (χ3n) is 4.96. The topological polar surface area (TPSA) is 70.6 Å². The number of piperidine rings is 1. The van der Waals surface area contributed by atoms with E-state index in [2.05, 4.69) is 4.98 Å². The van der Waals surface area contributed by atoms with Crippen molar-refractivity contribution in [3.8, 4) is 0 Å². The minimum absolute atomic E-state index is 0.0636. The molecule has 3 heterocycles.